The molecule has 1 aromatic carbocycles. The summed E-state index contributed by atoms with van der Waals surface area (Å²) in [6.07, 6.45) is 2.92. The van der Waals surface area contributed by atoms with E-state index >= 15 is 0 Å². The van der Waals surface area contributed by atoms with Crippen LogP contribution in [-0.4, -0.2) is 9.68 Å². The maximum atomic E-state index is 5.33. The number of nitrogens with one attached hydrogen (secondary N) is 1. The number of rotatable bonds is 0. The van der Waals surface area contributed by atoms with Gasteiger partial charge in [-0.2, -0.15) is 0 Å². The normalized spacial score (nSPS) is 13.7. The molecule has 1 aliphatic rings. The molecular weight excluding hydrogens is 204 g/mol. The monoisotopic (exact) mass is 214 g/mol. The van der Waals surface area contributed by atoms with Crippen LogP contribution in [0.25, 0.3) is 0 Å². The Morgan fingerprint density at radius 1 is 1.13 bits per heavy atom. The number of benzene rings is 1. The molecule has 0 atom stereocenters. The molecule has 0 spiro atoms. The van der Waals surface area contributed by atoms with Crippen LogP contribution in [0, 0.1) is 0 Å². The molecule has 1 aliphatic heterocycles. The molecule has 0 unspecified atom stereocenters. The van der Waals surface area contributed by atoms with Crippen molar-refractivity contribution >= 4 is 23.0 Å². The average molecular weight is 214 g/mol. The van der Waals surface area contributed by atoms with E-state index in [-0.39, 0.29) is 0 Å². The lowest BCUT2D eigenvalue weighted by Crippen LogP contribution is -2.17. The Morgan fingerprint density at radius 2 is 2.00 bits per heavy atom. The van der Waals surface area contributed by atoms with E-state index in [9.17, 15) is 0 Å². The van der Waals surface area contributed by atoms with E-state index in [1.54, 1.807) is 0 Å². The molecule has 74 valence electrons. The molecule has 0 bridgehead atoms. The van der Waals surface area contributed by atoms with E-state index in [1.165, 1.54) is 11.3 Å². The average Bonchev–Trinajstić information content (AvgIpc) is 2.64. The minimum absolute atomic E-state index is 0.750. The molecule has 15 heavy (non-hydrogen) atoms. The predicted molar refractivity (Wildman–Crippen MR) is 65.3 cm³/mol. The number of hydrogen-bond acceptors (Lipinski definition) is 1. The van der Waals surface area contributed by atoms with E-state index < -0.39 is 0 Å². The zero-order valence-corrected chi connectivity index (χ0v) is 8.92. The first-order valence-corrected chi connectivity index (χ1v) is 5.31. The molecule has 0 saturated carbocycles. The van der Waals surface area contributed by atoms with Gasteiger partial charge in [-0.3, -0.25) is 4.57 Å². The molecule has 0 fully saturated rings. The topological polar surface area (TPSA) is 17.0 Å². The minimum Gasteiger partial charge on any atom is -0.332 e. The zero-order valence-electron chi connectivity index (χ0n) is 8.10. The lowest BCUT2D eigenvalue weighted by molar-refractivity contribution is 1.04. The van der Waals surface area contributed by atoms with Crippen LogP contribution in [0.4, 0.5) is 5.69 Å². The highest BCUT2D eigenvalue weighted by molar-refractivity contribution is 7.80. The number of thiocarbonyl (C=S) groups is 1. The molecule has 0 aliphatic carbocycles. The van der Waals surface area contributed by atoms with E-state index in [1.807, 2.05) is 22.9 Å². The van der Waals surface area contributed by atoms with Gasteiger partial charge in [0.15, 0.2) is 5.11 Å². The maximum absolute atomic E-state index is 5.33. The van der Waals surface area contributed by atoms with Crippen LogP contribution < -0.4 is 5.32 Å². The molecule has 2 heterocycles. The summed E-state index contributed by atoms with van der Waals surface area (Å²) in [4.78, 5) is 0. The van der Waals surface area contributed by atoms with Crippen LogP contribution in [0.5, 0.6) is 0 Å². The molecular formula is C12H10N2S. The van der Waals surface area contributed by atoms with E-state index in [0.29, 0.717) is 0 Å². The molecule has 0 amide bonds. The fourth-order valence-corrected chi connectivity index (χ4v) is 2.21. The summed E-state index contributed by atoms with van der Waals surface area (Å²) in [7, 11) is 0. The molecule has 3 rings (SSSR count). The van der Waals surface area contributed by atoms with Gasteiger partial charge in [0.05, 0.1) is 0 Å². The van der Waals surface area contributed by atoms with Gasteiger partial charge in [-0.25, -0.2) is 0 Å². The number of anilines is 1. The smallest absolute Gasteiger partial charge is 0.181 e. The highest BCUT2D eigenvalue weighted by Crippen LogP contribution is 2.23. The van der Waals surface area contributed by atoms with Crippen molar-refractivity contribution in [3.63, 3.8) is 0 Å². The largest absolute Gasteiger partial charge is 0.332 e. The quantitative estimate of drug-likeness (QED) is 0.679. The SMILES string of the molecule is S=C1Nc2ccccc2Cc2cccn21. The summed E-state index contributed by atoms with van der Waals surface area (Å²) in [5.74, 6) is 0. The summed E-state index contributed by atoms with van der Waals surface area (Å²) >= 11 is 5.33. The zero-order chi connectivity index (χ0) is 10.3. The van der Waals surface area contributed by atoms with Crippen LogP contribution in [0.3, 0.4) is 0 Å². The minimum atomic E-state index is 0.750. The standard InChI is InChI=1S/C12H10N2S/c15-12-13-11-6-2-1-4-9(11)8-10-5-3-7-14(10)12/h1-7H,8H2,(H,13,15). The summed E-state index contributed by atoms with van der Waals surface area (Å²) in [6.45, 7) is 0. The van der Waals surface area contributed by atoms with Gasteiger partial charge in [-0.1, -0.05) is 18.2 Å². The first-order chi connectivity index (χ1) is 7.34. The van der Waals surface area contributed by atoms with Gasteiger partial charge < -0.3 is 5.32 Å². The van der Waals surface area contributed by atoms with Crippen LogP contribution in [-0.2, 0) is 6.42 Å². The molecule has 0 radical (unpaired) electrons. The second-order valence-corrected chi connectivity index (χ2v) is 4.02. The Bertz CT molecular complexity index is 528. The van der Waals surface area contributed by atoms with Crippen molar-refractivity contribution in [2.45, 2.75) is 6.42 Å². The van der Waals surface area contributed by atoms with Crippen LogP contribution >= 0.6 is 12.2 Å². The fourth-order valence-electron chi connectivity index (χ4n) is 1.93. The van der Waals surface area contributed by atoms with Crippen molar-refractivity contribution < 1.29 is 0 Å². The first kappa shape index (κ1) is 8.68. The van der Waals surface area contributed by atoms with Crippen LogP contribution in [0.15, 0.2) is 42.6 Å². The van der Waals surface area contributed by atoms with Crippen molar-refractivity contribution in [2.75, 3.05) is 5.32 Å². The number of para-hydroxylation sites is 1. The lowest BCUT2D eigenvalue weighted by Gasteiger charge is -2.07. The van der Waals surface area contributed by atoms with Gasteiger partial charge in [0, 0.05) is 24.0 Å². The van der Waals surface area contributed by atoms with Gasteiger partial charge in [-0.15, -0.1) is 0 Å². The molecule has 2 aromatic rings. The third-order valence-electron chi connectivity index (χ3n) is 2.68. The second-order valence-electron chi connectivity index (χ2n) is 3.63. The van der Waals surface area contributed by atoms with Gasteiger partial charge in [0.2, 0.25) is 0 Å². The number of nitrogens with zero attached hydrogens (tertiary/aromatic N) is 1. The van der Waals surface area contributed by atoms with Gasteiger partial charge >= 0.3 is 0 Å². The summed E-state index contributed by atoms with van der Waals surface area (Å²) in [6, 6.07) is 12.4. The van der Waals surface area contributed by atoms with E-state index in [4.69, 9.17) is 12.2 Å². The van der Waals surface area contributed by atoms with Gasteiger partial charge in [0.25, 0.3) is 0 Å². The molecule has 1 N–H and O–H groups in total. The third-order valence-corrected chi connectivity index (χ3v) is 2.98. The van der Waals surface area contributed by atoms with Gasteiger partial charge in [-0.05, 0) is 36.0 Å². The van der Waals surface area contributed by atoms with Gasteiger partial charge in [0.1, 0.15) is 0 Å². The van der Waals surface area contributed by atoms with Crippen LogP contribution in [0.2, 0.25) is 0 Å². The molecule has 3 heteroatoms. The van der Waals surface area contributed by atoms with Crippen molar-refractivity contribution in [1.82, 2.24) is 4.57 Å². The first-order valence-electron chi connectivity index (χ1n) is 4.90. The Kier molecular flexibility index (Phi) is 1.86. The fraction of sp³-hybridized carbons (Fsp3) is 0.0833. The number of fused-ring (bicyclic) bond motifs is 2. The Hall–Kier alpha value is -1.61. The Morgan fingerprint density at radius 3 is 2.93 bits per heavy atom. The lowest BCUT2D eigenvalue weighted by atomic mass is 10.1. The van der Waals surface area contributed by atoms with Crippen molar-refractivity contribution in [2.24, 2.45) is 0 Å². The van der Waals surface area contributed by atoms with E-state index in [2.05, 4.69) is 29.6 Å². The highest BCUT2D eigenvalue weighted by Gasteiger charge is 2.14. The summed E-state index contributed by atoms with van der Waals surface area (Å²) in [5.41, 5.74) is 3.64. The number of hydrogen-bond donors (Lipinski definition) is 1. The Balaban J connectivity index is 2.18. The number of aromatic nitrogens is 1. The Labute approximate surface area is 93.5 Å². The second kappa shape index (κ2) is 3.21. The molecule has 1 aromatic heterocycles. The molecule has 0 saturated heterocycles. The summed E-state index contributed by atoms with van der Waals surface area (Å²) in [5, 5.41) is 4.01. The summed E-state index contributed by atoms with van der Waals surface area (Å²) < 4.78 is 2.02. The predicted octanol–water partition coefficient (Wildman–Crippen LogP) is 2.64. The molecule has 2 nitrogen and oxygen atoms in total. The van der Waals surface area contributed by atoms with Crippen molar-refractivity contribution in [3.8, 4) is 0 Å². The maximum Gasteiger partial charge on any atom is 0.181 e. The van der Waals surface area contributed by atoms with Crippen molar-refractivity contribution in [3.05, 3.63) is 53.9 Å². The highest BCUT2D eigenvalue weighted by atomic mass is 32.1. The van der Waals surface area contributed by atoms with E-state index in [0.717, 1.165) is 17.2 Å². The van der Waals surface area contributed by atoms with Crippen molar-refractivity contribution in [1.29, 1.82) is 0 Å². The van der Waals surface area contributed by atoms with Crippen LogP contribution in [0.1, 0.15) is 11.3 Å². The third kappa shape index (κ3) is 1.36.